The number of amides is 2. The van der Waals surface area contributed by atoms with Crippen molar-refractivity contribution in [3.63, 3.8) is 0 Å². The van der Waals surface area contributed by atoms with Crippen molar-refractivity contribution in [2.45, 2.75) is 13.8 Å². The van der Waals surface area contributed by atoms with Gasteiger partial charge in [-0.1, -0.05) is 30.3 Å². The summed E-state index contributed by atoms with van der Waals surface area (Å²) in [6.07, 6.45) is 0. The van der Waals surface area contributed by atoms with Crippen LogP contribution in [0.4, 0.5) is 5.69 Å². The number of primary amides is 1. The fraction of sp³-hybridized carbons (Fsp3) is 0.222. The minimum absolute atomic E-state index is 0.160. The number of para-hydroxylation sites is 1. The maximum atomic E-state index is 12.4. The first-order valence-electron chi connectivity index (χ1n) is 7.31. The number of benzene rings is 2. The van der Waals surface area contributed by atoms with E-state index in [1.165, 1.54) is 4.90 Å². The Balaban J connectivity index is 2.12. The molecule has 5 heteroatoms. The highest BCUT2D eigenvalue weighted by molar-refractivity contribution is 5.99. The zero-order valence-corrected chi connectivity index (χ0v) is 13.3. The van der Waals surface area contributed by atoms with Gasteiger partial charge in [0.1, 0.15) is 12.3 Å². The molecule has 0 atom stereocenters. The molecule has 0 aliphatic heterocycles. The molecule has 0 aliphatic carbocycles. The first kappa shape index (κ1) is 16.5. The molecule has 0 aliphatic rings. The van der Waals surface area contributed by atoms with Crippen molar-refractivity contribution in [3.8, 4) is 5.75 Å². The molecule has 0 spiro atoms. The summed E-state index contributed by atoms with van der Waals surface area (Å²) in [6.45, 7) is 3.58. The second-order valence-corrected chi connectivity index (χ2v) is 5.27. The van der Waals surface area contributed by atoms with Crippen molar-refractivity contribution in [2.24, 2.45) is 5.73 Å². The molecule has 0 heterocycles. The van der Waals surface area contributed by atoms with Crippen LogP contribution < -0.4 is 15.4 Å². The third kappa shape index (κ3) is 4.32. The van der Waals surface area contributed by atoms with Crippen LogP contribution in [-0.4, -0.2) is 25.0 Å². The highest BCUT2D eigenvalue weighted by Gasteiger charge is 2.18. The molecule has 0 radical (unpaired) electrons. The molecule has 23 heavy (non-hydrogen) atoms. The SMILES string of the molecule is Cc1cccc(OCC(=O)N(CC(N)=O)c2ccccc2)c1C. The Morgan fingerprint density at radius 2 is 1.74 bits per heavy atom. The predicted octanol–water partition coefficient (Wildman–Crippen LogP) is 2.20. The zero-order valence-electron chi connectivity index (χ0n) is 13.3. The van der Waals surface area contributed by atoms with E-state index in [1.807, 2.05) is 38.1 Å². The van der Waals surface area contributed by atoms with Gasteiger partial charge in [0.15, 0.2) is 6.61 Å². The maximum absolute atomic E-state index is 12.4. The van der Waals surface area contributed by atoms with Crippen LogP contribution >= 0.6 is 0 Å². The molecule has 0 unspecified atom stereocenters. The summed E-state index contributed by atoms with van der Waals surface area (Å²) in [4.78, 5) is 25.0. The lowest BCUT2D eigenvalue weighted by Gasteiger charge is -2.21. The maximum Gasteiger partial charge on any atom is 0.265 e. The number of carbonyl (C=O) groups excluding carboxylic acids is 2. The quantitative estimate of drug-likeness (QED) is 0.888. The third-order valence-electron chi connectivity index (χ3n) is 3.59. The molecular weight excluding hydrogens is 292 g/mol. The van der Waals surface area contributed by atoms with Gasteiger partial charge in [0.25, 0.3) is 5.91 Å². The lowest BCUT2D eigenvalue weighted by Crippen LogP contribution is -2.41. The molecule has 2 rings (SSSR count). The first-order valence-corrected chi connectivity index (χ1v) is 7.31. The van der Waals surface area contributed by atoms with E-state index in [1.54, 1.807) is 24.3 Å². The van der Waals surface area contributed by atoms with Gasteiger partial charge in [-0.3, -0.25) is 9.59 Å². The molecule has 0 saturated carbocycles. The van der Waals surface area contributed by atoms with Crippen molar-refractivity contribution in [3.05, 3.63) is 59.7 Å². The second kappa shape index (κ2) is 7.45. The number of hydrogen-bond donors (Lipinski definition) is 1. The smallest absolute Gasteiger partial charge is 0.265 e. The van der Waals surface area contributed by atoms with Crippen LogP contribution in [0.5, 0.6) is 5.75 Å². The van der Waals surface area contributed by atoms with Crippen LogP contribution in [0.2, 0.25) is 0 Å². The van der Waals surface area contributed by atoms with Gasteiger partial charge < -0.3 is 15.4 Å². The van der Waals surface area contributed by atoms with Crippen molar-refractivity contribution in [2.75, 3.05) is 18.1 Å². The largest absolute Gasteiger partial charge is 0.483 e. The number of hydrogen-bond acceptors (Lipinski definition) is 3. The number of nitrogens with two attached hydrogens (primary N) is 1. The van der Waals surface area contributed by atoms with Gasteiger partial charge in [0.2, 0.25) is 5.91 Å². The highest BCUT2D eigenvalue weighted by atomic mass is 16.5. The molecule has 2 N–H and O–H groups in total. The van der Waals surface area contributed by atoms with Gasteiger partial charge in [-0.15, -0.1) is 0 Å². The van der Waals surface area contributed by atoms with Crippen molar-refractivity contribution >= 4 is 17.5 Å². The molecule has 0 aromatic heterocycles. The molecule has 2 aromatic rings. The number of rotatable bonds is 6. The Kier molecular flexibility index (Phi) is 5.36. The number of aryl methyl sites for hydroxylation is 1. The van der Waals surface area contributed by atoms with Gasteiger partial charge in [-0.2, -0.15) is 0 Å². The Hall–Kier alpha value is -2.82. The fourth-order valence-electron chi connectivity index (χ4n) is 2.19. The summed E-state index contributed by atoms with van der Waals surface area (Å²) in [5.74, 6) is -0.240. The third-order valence-corrected chi connectivity index (χ3v) is 3.59. The summed E-state index contributed by atoms with van der Waals surface area (Å²) in [6, 6.07) is 14.6. The average molecular weight is 312 g/mol. The number of ether oxygens (including phenoxy) is 1. The summed E-state index contributed by atoms with van der Waals surface area (Å²) in [5.41, 5.74) is 7.94. The summed E-state index contributed by atoms with van der Waals surface area (Å²) >= 11 is 0. The molecule has 0 bridgehead atoms. The van der Waals surface area contributed by atoms with E-state index in [2.05, 4.69) is 0 Å². The van der Waals surface area contributed by atoms with Gasteiger partial charge in [0, 0.05) is 5.69 Å². The second-order valence-electron chi connectivity index (χ2n) is 5.27. The van der Waals surface area contributed by atoms with E-state index in [0.717, 1.165) is 11.1 Å². The Labute approximate surface area is 135 Å². The molecule has 5 nitrogen and oxygen atoms in total. The topological polar surface area (TPSA) is 72.6 Å². The van der Waals surface area contributed by atoms with Crippen LogP contribution in [0.25, 0.3) is 0 Å². The van der Waals surface area contributed by atoms with E-state index in [0.29, 0.717) is 11.4 Å². The van der Waals surface area contributed by atoms with Gasteiger partial charge in [-0.25, -0.2) is 0 Å². The highest BCUT2D eigenvalue weighted by Crippen LogP contribution is 2.21. The van der Waals surface area contributed by atoms with Crippen LogP contribution in [0.15, 0.2) is 48.5 Å². The molecular formula is C18H20N2O3. The number of nitrogens with zero attached hydrogens (tertiary/aromatic N) is 1. The van der Waals surface area contributed by atoms with E-state index in [9.17, 15) is 9.59 Å². The van der Waals surface area contributed by atoms with Crippen LogP contribution in [0.1, 0.15) is 11.1 Å². The molecule has 0 saturated heterocycles. The van der Waals surface area contributed by atoms with Crippen molar-refractivity contribution in [1.29, 1.82) is 0 Å². The Morgan fingerprint density at radius 3 is 2.39 bits per heavy atom. The lowest BCUT2D eigenvalue weighted by molar-refractivity contribution is -0.123. The molecule has 0 fully saturated rings. The zero-order chi connectivity index (χ0) is 16.8. The Bertz CT molecular complexity index is 699. The summed E-state index contributed by atoms with van der Waals surface area (Å²) in [5, 5.41) is 0. The molecule has 2 amide bonds. The van der Waals surface area contributed by atoms with Gasteiger partial charge >= 0.3 is 0 Å². The minimum Gasteiger partial charge on any atom is -0.483 e. The summed E-state index contributed by atoms with van der Waals surface area (Å²) in [7, 11) is 0. The van der Waals surface area contributed by atoms with E-state index < -0.39 is 5.91 Å². The number of anilines is 1. The van der Waals surface area contributed by atoms with Crippen LogP contribution in [-0.2, 0) is 9.59 Å². The van der Waals surface area contributed by atoms with E-state index in [-0.39, 0.29) is 19.1 Å². The van der Waals surface area contributed by atoms with Crippen LogP contribution in [0.3, 0.4) is 0 Å². The van der Waals surface area contributed by atoms with Crippen LogP contribution in [0, 0.1) is 13.8 Å². The molecule has 2 aromatic carbocycles. The normalized spacial score (nSPS) is 10.2. The minimum atomic E-state index is -0.575. The van der Waals surface area contributed by atoms with Crippen molar-refractivity contribution < 1.29 is 14.3 Å². The van der Waals surface area contributed by atoms with E-state index >= 15 is 0 Å². The van der Waals surface area contributed by atoms with Gasteiger partial charge in [-0.05, 0) is 43.2 Å². The first-order chi connectivity index (χ1) is 11.0. The Morgan fingerprint density at radius 1 is 1.04 bits per heavy atom. The summed E-state index contributed by atoms with van der Waals surface area (Å²) < 4.78 is 5.62. The molecule has 120 valence electrons. The lowest BCUT2D eigenvalue weighted by atomic mass is 10.1. The van der Waals surface area contributed by atoms with Crippen molar-refractivity contribution in [1.82, 2.24) is 0 Å². The van der Waals surface area contributed by atoms with E-state index in [4.69, 9.17) is 10.5 Å². The standard InChI is InChI=1S/C18H20N2O3/c1-13-7-6-10-16(14(13)2)23-12-18(22)20(11-17(19)21)15-8-4-3-5-9-15/h3-10H,11-12H2,1-2H3,(H2,19,21). The van der Waals surface area contributed by atoms with Gasteiger partial charge in [0.05, 0.1) is 0 Å². The monoisotopic (exact) mass is 312 g/mol. The number of carbonyl (C=O) groups is 2. The average Bonchev–Trinajstić information content (AvgIpc) is 2.54. The fourth-order valence-corrected chi connectivity index (χ4v) is 2.19. The predicted molar refractivity (Wildman–Crippen MR) is 89.4 cm³/mol.